The molecule has 4 nitrogen and oxygen atoms in total. The van der Waals surface area contributed by atoms with E-state index in [4.69, 9.17) is 0 Å². The first kappa shape index (κ1) is 8.16. The minimum atomic E-state index is -0.354. The standard InChI is InChI=1S/C9H12N3O/c1-7(2)11-5-3-8(13)9-10-4-6-12(9)11/h3-7,9H,1-2H3/q+1. The molecule has 68 valence electrons. The van der Waals surface area contributed by atoms with Gasteiger partial charge in [0.2, 0.25) is 6.21 Å². The second-order valence-corrected chi connectivity index (χ2v) is 3.39. The molecule has 0 aromatic rings. The number of rotatable bonds is 1. The van der Waals surface area contributed by atoms with E-state index in [2.05, 4.69) is 18.8 Å². The van der Waals surface area contributed by atoms with Crippen LogP contribution in [0.1, 0.15) is 13.8 Å². The molecular weight excluding hydrogens is 166 g/mol. The molecule has 13 heavy (non-hydrogen) atoms. The number of fused-ring (bicyclic) bond motifs is 1. The molecule has 0 spiro atoms. The first-order valence-electron chi connectivity index (χ1n) is 4.35. The molecule has 2 aliphatic heterocycles. The van der Waals surface area contributed by atoms with Gasteiger partial charge in [-0.2, -0.15) is 5.01 Å². The van der Waals surface area contributed by atoms with Crippen LogP contribution in [0.3, 0.4) is 0 Å². The van der Waals surface area contributed by atoms with Crippen LogP contribution in [0.25, 0.3) is 0 Å². The van der Waals surface area contributed by atoms with Crippen LogP contribution in [-0.4, -0.2) is 40.1 Å². The zero-order valence-electron chi connectivity index (χ0n) is 7.71. The topological polar surface area (TPSA) is 35.7 Å². The molecule has 1 unspecified atom stereocenters. The maximum atomic E-state index is 11.4. The third kappa shape index (κ3) is 1.18. The number of ketones is 1. The Morgan fingerprint density at radius 3 is 3.08 bits per heavy atom. The fourth-order valence-electron chi connectivity index (χ4n) is 1.50. The predicted octanol–water partition coefficient (Wildman–Crippen LogP) is 0.202. The summed E-state index contributed by atoms with van der Waals surface area (Å²) in [6.07, 6.45) is 6.52. The van der Waals surface area contributed by atoms with Gasteiger partial charge in [0, 0.05) is 6.08 Å². The Morgan fingerprint density at radius 2 is 2.38 bits per heavy atom. The van der Waals surface area contributed by atoms with Crippen molar-refractivity contribution < 1.29 is 9.48 Å². The number of hydrazine groups is 1. The van der Waals surface area contributed by atoms with Gasteiger partial charge in [-0.15, -0.1) is 0 Å². The largest absolute Gasteiger partial charge is 0.337 e. The number of hydrazone groups is 1. The first-order chi connectivity index (χ1) is 6.20. The van der Waals surface area contributed by atoms with Gasteiger partial charge in [0.25, 0.3) is 5.78 Å². The van der Waals surface area contributed by atoms with E-state index in [1.165, 1.54) is 0 Å². The fraction of sp³-hybridized carbons (Fsp3) is 0.444. The molecule has 0 saturated heterocycles. The number of carbonyl (C=O) groups excluding carboxylic acids is 1. The summed E-state index contributed by atoms with van der Waals surface area (Å²) in [6, 6.07) is 0.338. The molecule has 2 rings (SSSR count). The first-order valence-corrected chi connectivity index (χ1v) is 4.35. The summed E-state index contributed by atoms with van der Waals surface area (Å²) in [6.45, 7) is 4.15. The Balaban J connectivity index is 2.35. The lowest BCUT2D eigenvalue weighted by Crippen LogP contribution is -2.46. The quantitative estimate of drug-likeness (QED) is 0.538. The lowest BCUT2D eigenvalue weighted by Gasteiger charge is -2.23. The second-order valence-electron chi connectivity index (χ2n) is 3.39. The molecule has 2 aliphatic rings. The van der Waals surface area contributed by atoms with Gasteiger partial charge in [-0.25, -0.2) is 4.99 Å². The number of hydrogen-bond acceptors (Lipinski definition) is 3. The highest BCUT2D eigenvalue weighted by molar-refractivity contribution is 6.16. The van der Waals surface area contributed by atoms with Gasteiger partial charge < -0.3 is 0 Å². The van der Waals surface area contributed by atoms with Crippen LogP contribution in [0.15, 0.2) is 17.3 Å². The Bertz CT molecular complexity index is 328. The van der Waals surface area contributed by atoms with Gasteiger partial charge in [0.05, 0.1) is 18.5 Å². The highest BCUT2D eigenvalue weighted by Crippen LogP contribution is 2.13. The van der Waals surface area contributed by atoms with Crippen LogP contribution < -0.4 is 0 Å². The Morgan fingerprint density at radius 1 is 1.62 bits per heavy atom. The summed E-state index contributed by atoms with van der Waals surface area (Å²) in [4.78, 5) is 15.4. The molecule has 0 bridgehead atoms. The van der Waals surface area contributed by atoms with Gasteiger partial charge in [-0.3, -0.25) is 4.79 Å². The highest BCUT2D eigenvalue weighted by atomic mass is 16.1. The summed E-state index contributed by atoms with van der Waals surface area (Å²) < 4.78 is 1.85. The summed E-state index contributed by atoms with van der Waals surface area (Å²) in [5.41, 5.74) is 0. The molecule has 0 radical (unpaired) electrons. The molecule has 2 heterocycles. The smallest absolute Gasteiger partial charge is 0.285 e. The zero-order chi connectivity index (χ0) is 9.42. The molecule has 0 saturated carbocycles. The third-order valence-corrected chi connectivity index (χ3v) is 2.14. The van der Waals surface area contributed by atoms with Gasteiger partial charge in [-0.05, 0) is 13.8 Å². The van der Waals surface area contributed by atoms with Gasteiger partial charge in [0.1, 0.15) is 0 Å². The normalized spacial score (nSPS) is 25.5. The van der Waals surface area contributed by atoms with Crippen molar-refractivity contribution in [2.75, 3.05) is 0 Å². The lowest BCUT2D eigenvalue weighted by molar-refractivity contribution is -0.693. The molecule has 1 atom stereocenters. The molecule has 4 heteroatoms. The third-order valence-electron chi connectivity index (χ3n) is 2.14. The van der Waals surface area contributed by atoms with Gasteiger partial charge >= 0.3 is 6.17 Å². The second kappa shape index (κ2) is 2.80. The molecule has 0 aromatic heterocycles. The molecular formula is C9H12N3O+. The molecule has 0 N–H and O–H groups in total. The molecule has 0 amide bonds. The van der Waals surface area contributed by atoms with E-state index in [1.807, 2.05) is 15.9 Å². The van der Waals surface area contributed by atoms with Crippen molar-refractivity contribution in [3.63, 3.8) is 0 Å². The zero-order valence-corrected chi connectivity index (χ0v) is 7.71. The monoisotopic (exact) mass is 178 g/mol. The van der Waals surface area contributed by atoms with Crippen molar-refractivity contribution in [3.05, 3.63) is 12.3 Å². The van der Waals surface area contributed by atoms with E-state index in [9.17, 15) is 4.79 Å². The van der Waals surface area contributed by atoms with Crippen LogP contribution in [0.4, 0.5) is 0 Å². The van der Waals surface area contributed by atoms with Crippen molar-refractivity contribution in [1.29, 1.82) is 0 Å². The number of aliphatic imine (C=N–C) groups is 1. The number of nitrogens with zero attached hydrogens (tertiary/aromatic N) is 3. The Kier molecular flexibility index (Phi) is 1.76. The number of hydrogen-bond donors (Lipinski definition) is 0. The minimum Gasteiger partial charge on any atom is -0.285 e. The average molecular weight is 178 g/mol. The van der Waals surface area contributed by atoms with Gasteiger partial charge in [-0.1, -0.05) is 4.68 Å². The van der Waals surface area contributed by atoms with Crippen LogP contribution in [0.5, 0.6) is 0 Å². The van der Waals surface area contributed by atoms with Crippen molar-refractivity contribution in [2.45, 2.75) is 26.1 Å². The van der Waals surface area contributed by atoms with E-state index in [-0.39, 0.29) is 11.9 Å². The maximum Gasteiger partial charge on any atom is 0.337 e. The van der Waals surface area contributed by atoms with E-state index in [0.717, 1.165) is 0 Å². The average Bonchev–Trinajstić information content (AvgIpc) is 2.53. The highest BCUT2D eigenvalue weighted by Gasteiger charge is 2.38. The maximum absolute atomic E-state index is 11.4. The summed E-state index contributed by atoms with van der Waals surface area (Å²) >= 11 is 0. The van der Waals surface area contributed by atoms with Crippen LogP contribution in [0.2, 0.25) is 0 Å². The van der Waals surface area contributed by atoms with Crippen molar-refractivity contribution in [3.8, 4) is 0 Å². The van der Waals surface area contributed by atoms with Crippen molar-refractivity contribution in [1.82, 2.24) is 5.01 Å². The van der Waals surface area contributed by atoms with E-state index in [1.54, 1.807) is 18.5 Å². The van der Waals surface area contributed by atoms with Gasteiger partial charge in [0.15, 0.2) is 0 Å². The lowest BCUT2D eigenvalue weighted by atomic mass is 10.2. The SMILES string of the molecule is CC(C)N1C=CC(=O)C2N=CC=[N+]21. The minimum absolute atomic E-state index is 0.0434. The fourth-order valence-corrected chi connectivity index (χ4v) is 1.50. The van der Waals surface area contributed by atoms with Crippen LogP contribution in [0, 0.1) is 0 Å². The molecule has 0 fully saturated rings. The predicted molar refractivity (Wildman–Crippen MR) is 49.7 cm³/mol. The van der Waals surface area contributed by atoms with E-state index in [0.29, 0.717) is 6.04 Å². The van der Waals surface area contributed by atoms with E-state index >= 15 is 0 Å². The van der Waals surface area contributed by atoms with Crippen molar-refractivity contribution >= 4 is 18.2 Å². The summed E-state index contributed by atoms with van der Waals surface area (Å²) in [7, 11) is 0. The summed E-state index contributed by atoms with van der Waals surface area (Å²) in [5, 5.41) is 2.00. The Labute approximate surface area is 76.8 Å². The molecule has 0 aliphatic carbocycles. The Hall–Kier alpha value is -1.45. The van der Waals surface area contributed by atoms with Crippen LogP contribution >= 0.6 is 0 Å². The van der Waals surface area contributed by atoms with Crippen LogP contribution in [-0.2, 0) is 4.79 Å². The van der Waals surface area contributed by atoms with Crippen molar-refractivity contribution in [2.24, 2.45) is 4.99 Å². The summed E-state index contributed by atoms with van der Waals surface area (Å²) in [5.74, 6) is 0.0434. The number of carbonyl (C=O) groups is 1. The van der Waals surface area contributed by atoms with E-state index < -0.39 is 0 Å². The molecule has 0 aromatic carbocycles.